The van der Waals surface area contributed by atoms with Crippen molar-refractivity contribution in [1.82, 2.24) is 0 Å². The van der Waals surface area contributed by atoms with Gasteiger partial charge in [-0.3, -0.25) is 14.4 Å². The summed E-state index contributed by atoms with van der Waals surface area (Å²) in [5.41, 5.74) is 0. The first kappa shape index (κ1) is 64.0. The van der Waals surface area contributed by atoms with Crippen molar-refractivity contribution in [2.24, 2.45) is 0 Å². The number of hydrogen-bond acceptors (Lipinski definition) is 6. The van der Waals surface area contributed by atoms with E-state index in [4.69, 9.17) is 14.2 Å². The van der Waals surface area contributed by atoms with Gasteiger partial charge in [-0.05, 0) is 135 Å². The van der Waals surface area contributed by atoms with Crippen LogP contribution in [0.5, 0.6) is 0 Å². The van der Waals surface area contributed by atoms with Crippen LogP contribution in [0.1, 0.15) is 201 Å². The molecule has 69 heavy (non-hydrogen) atoms. The van der Waals surface area contributed by atoms with Crippen LogP contribution in [0, 0.1) is 0 Å². The molecule has 0 spiro atoms. The molecule has 0 saturated heterocycles. The van der Waals surface area contributed by atoms with Crippen LogP contribution >= 0.6 is 0 Å². The van der Waals surface area contributed by atoms with Crippen molar-refractivity contribution in [3.63, 3.8) is 0 Å². The van der Waals surface area contributed by atoms with Gasteiger partial charge in [-0.1, -0.05) is 204 Å². The molecule has 0 bridgehead atoms. The smallest absolute Gasteiger partial charge is 0.306 e. The molecule has 0 unspecified atom stereocenters. The van der Waals surface area contributed by atoms with Gasteiger partial charge in [0.05, 0.1) is 0 Å². The molecule has 0 radical (unpaired) electrons. The van der Waals surface area contributed by atoms with Crippen molar-refractivity contribution in [1.29, 1.82) is 0 Å². The molecule has 1 atom stereocenters. The fourth-order valence-electron chi connectivity index (χ4n) is 6.46. The van der Waals surface area contributed by atoms with E-state index in [1.54, 1.807) is 0 Å². The molecule has 0 rings (SSSR count). The van der Waals surface area contributed by atoms with Crippen molar-refractivity contribution < 1.29 is 28.6 Å². The van der Waals surface area contributed by atoms with Crippen LogP contribution < -0.4 is 0 Å². The zero-order valence-electron chi connectivity index (χ0n) is 43.8. The number of allylic oxidation sites excluding steroid dienone is 26. The van der Waals surface area contributed by atoms with E-state index in [1.807, 2.05) is 12.2 Å². The van der Waals surface area contributed by atoms with Crippen LogP contribution in [0.25, 0.3) is 0 Å². The molecular weight excluding hydrogens is 853 g/mol. The lowest BCUT2D eigenvalue weighted by Gasteiger charge is -2.18. The molecule has 0 amide bonds. The van der Waals surface area contributed by atoms with E-state index in [2.05, 4.69) is 167 Å². The summed E-state index contributed by atoms with van der Waals surface area (Å²) in [5, 5.41) is 0. The molecular formula is C63H96O6. The van der Waals surface area contributed by atoms with Crippen molar-refractivity contribution in [2.45, 2.75) is 207 Å². The molecule has 0 fully saturated rings. The molecule has 0 aromatic rings. The second-order valence-electron chi connectivity index (χ2n) is 17.0. The van der Waals surface area contributed by atoms with Gasteiger partial charge < -0.3 is 14.2 Å². The topological polar surface area (TPSA) is 78.9 Å². The molecule has 6 heteroatoms. The molecule has 0 saturated carbocycles. The van der Waals surface area contributed by atoms with Crippen LogP contribution in [0.3, 0.4) is 0 Å². The molecule has 0 aromatic carbocycles. The molecule has 384 valence electrons. The molecule has 0 aliphatic rings. The van der Waals surface area contributed by atoms with Crippen LogP contribution in [0.2, 0.25) is 0 Å². The second kappa shape index (κ2) is 55.6. The summed E-state index contributed by atoms with van der Waals surface area (Å²) in [6, 6.07) is 0. The van der Waals surface area contributed by atoms with Crippen LogP contribution in [-0.4, -0.2) is 37.2 Å². The number of rotatable bonds is 46. The standard InChI is InChI=1S/C63H96O6/c1-4-7-10-13-16-19-22-25-28-30-31-33-35-38-41-44-47-50-53-56-62(65)68-59-60(58-67-61(64)55-52-49-46-43-40-37-34-27-24-21-18-15-12-9-6-3)69-63(66)57-54-51-48-45-42-39-36-32-29-26-23-20-17-14-11-8-5-2/h8,11,16-21,25-29,31,33-34,36,38-41,43,45,47-48,50,60H,4-7,9-10,12-15,22-24,30,32,35,37,42,44,46,49,51-59H2,1-3H3/b11-8-,19-16-,20-17-,21-18-,28-25-,29-26-,33-31-,34-27-,39-36-,41-38-,43-40-,48-45-,50-47-/t60-/m0/s1. The predicted molar refractivity (Wildman–Crippen MR) is 297 cm³/mol. The van der Waals surface area contributed by atoms with Crippen molar-refractivity contribution in [3.8, 4) is 0 Å². The molecule has 0 N–H and O–H groups in total. The highest BCUT2D eigenvalue weighted by molar-refractivity contribution is 5.71. The molecule has 0 aromatic heterocycles. The van der Waals surface area contributed by atoms with Gasteiger partial charge in [-0.15, -0.1) is 0 Å². The predicted octanol–water partition coefficient (Wildman–Crippen LogP) is 18.2. The van der Waals surface area contributed by atoms with Gasteiger partial charge >= 0.3 is 17.9 Å². The lowest BCUT2D eigenvalue weighted by molar-refractivity contribution is -0.166. The van der Waals surface area contributed by atoms with Crippen LogP contribution in [0.15, 0.2) is 158 Å². The van der Waals surface area contributed by atoms with Gasteiger partial charge in [0.25, 0.3) is 0 Å². The fraction of sp³-hybridized carbons (Fsp3) is 0.540. The molecule has 6 nitrogen and oxygen atoms in total. The Balaban J connectivity index is 4.69. The third-order valence-electron chi connectivity index (χ3n) is 10.5. The summed E-state index contributed by atoms with van der Waals surface area (Å²) >= 11 is 0. The molecule has 0 aliphatic carbocycles. The molecule has 0 aliphatic heterocycles. The summed E-state index contributed by atoms with van der Waals surface area (Å²) in [6.45, 7) is 6.29. The maximum absolute atomic E-state index is 12.8. The van der Waals surface area contributed by atoms with E-state index in [0.717, 1.165) is 89.9 Å². The van der Waals surface area contributed by atoms with Crippen LogP contribution in [-0.2, 0) is 28.6 Å². The van der Waals surface area contributed by atoms with Crippen LogP contribution in [0.4, 0.5) is 0 Å². The lowest BCUT2D eigenvalue weighted by Crippen LogP contribution is -2.30. The number of hydrogen-bond donors (Lipinski definition) is 0. The van der Waals surface area contributed by atoms with Gasteiger partial charge in [-0.2, -0.15) is 0 Å². The van der Waals surface area contributed by atoms with Crippen molar-refractivity contribution >= 4 is 17.9 Å². The maximum Gasteiger partial charge on any atom is 0.306 e. The quantitative estimate of drug-likeness (QED) is 0.0262. The van der Waals surface area contributed by atoms with E-state index in [-0.39, 0.29) is 44.4 Å². The third kappa shape index (κ3) is 53.8. The lowest BCUT2D eigenvalue weighted by atomic mass is 10.1. The Morgan fingerprint density at radius 2 is 0.594 bits per heavy atom. The Bertz CT molecular complexity index is 1610. The average Bonchev–Trinajstić information content (AvgIpc) is 3.35. The highest BCUT2D eigenvalue weighted by Gasteiger charge is 2.19. The Morgan fingerprint density at radius 3 is 0.957 bits per heavy atom. The highest BCUT2D eigenvalue weighted by atomic mass is 16.6. The molecule has 0 heterocycles. The Hall–Kier alpha value is -4.97. The largest absolute Gasteiger partial charge is 0.462 e. The SMILES string of the molecule is CC/C=C\C/C=C\C/C=C\C/C=C\C/C=C\CCCC(=O)O[C@H](COC(=O)CC/C=C\C/C=C\C/C=C\C/C=C\C/C=C\CCCCC)COC(=O)CCCC/C=C\C/C=C\C/C=C\CCCCC. The minimum atomic E-state index is -0.861. The summed E-state index contributed by atoms with van der Waals surface area (Å²) in [4.78, 5) is 38.0. The van der Waals surface area contributed by atoms with E-state index >= 15 is 0 Å². The number of esters is 3. The first-order chi connectivity index (χ1) is 34.0. The minimum absolute atomic E-state index is 0.151. The first-order valence-corrected chi connectivity index (χ1v) is 27.0. The number of ether oxygens (including phenoxy) is 3. The zero-order valence-corrected chi connectivity index (χ0v) is 43.8. The van der Waals surface area contributed by atoms with Crippen molar-refractivity contribution in [3.05, 3.63) is 158 Å². The van der Waals surface area contributed by atoms with E-state index in [0.29, 0.717) is 19.3 Å². The Kier molecular flexibility index (Phi) is 51.6. The maximum atomic E-state index is 12.8. The van der Waals surface area contributed by atoms with Gasteiger partial charge in [-0.25, -0.2) is 0 Å². The second-order valence-corrected chi connectivity index (χ2v) is 17.0. The van der Waals surface area contributed by atoms with E-state index in [9.17, 15) is 14.4 Å². The number of unbranched alkanes of at least 4 members (excludes halogenated alkanes) is 9. The number of carbonyl (C=O) groups excluding carboxylic acids is 3. The summed E-state index contributed by atoms with van der Waals surface area (Å²) in [6.07, 6.45) is 81.0. The number of carbonyl (C=O) groups is 3. The summed E-state index contributed by atoms with van der Waals surface area (Å²) in [7, 11) is 0. The van der Waals surface area contributed by atoms with Crippen molar-refractivity contribution in [2.75, 3.05) is 13.2 Å². The first-order valence-electron chi connectivity index (χ1n) is 27.0. The van der Waals surface area contributed by atoms with Gasteiger partial charge in [0.2, 0.25) is 0 Å². The summed E-state index contributed by atoms with van der Waals surface area (Å²) in [5.74, 6) is -1.14. The third-order valence-corrected chi connectivity index (χ3v) is 10.5. The van der Waals surface area contributed by atoms with Gasteiger partial charge in [0.1, 0.15) is 13.2 Å². The highest BCUT2D eigenvalue weighted by Crippen LogP contribution is 2.09. The normalized spacial score (nSPS) is 13.4. The monoisotopic (exact) mass is 949 g/mol. The fourth-order valence-corrected chi connectivity index (χ4v) is 6.46. The van der Waals surface area contributed by atoms with Gasteiger partial charge in [0.15, 0.2) is 6.10 Å². The average molecular weight is 949 g/mol. The van der Waals surface area contributed by atoms with E-state index < -0.39 is 12.1 Å². The minimum Gasteiger partial charge on any atom is -0.462 e. The Labute approximate surface area is 422 Å². The summed E-state index contributed by atoms with van der Waals surface area (Å²) < 4.78 is 16.7. The van der Waals surface area contributed by atoms with E-state index in [1.165, 1.54) is 51.4 Å². The Morgan fingerprint density at radius 1 is 0.304 bits per heavy atom. The zero-order chi connectivity index (χ0) is 50.0. The van der Waals surface area contributed by atoms with Gasteiger partial charge in [0, 0.05) is 19.3 Å².